The molecule has 0 aliphatic carbocycles. The van der Waals surface area contributed by atoms with E-state index in [1.165, 1.54) is 0 Å². The average molecular weight is 143 g/mol. The van der Waals surface area contributed by atoms with Crippen LogP contribution in [0, 0.1) is 0 Å². The molecule has 0 aliphatic heterocycles. The minimum atomic E-state index is 0. The third-order valence-electron chi connectivity index (χ3n) is 0.667. The van der Waals surface area contributed by atoms with Crippen molar-refractivity contribution in [2.24, 2.45) is 0 Å². The summed E-state index contributed by atoms with van der Waals surface area (Å²) in [7, 11) is 1.61. The Kier molecular flexibility index (Phi) is 16.2. The number of rotatable bonds is 5. The van der Waals surface area contributed by atoms with Crippen molar-refractivity contribution >= 4 is 0 Å². The number of aliphatic hydroxyl groups excluding tert-OH is 1. The van der Waals surface area contributed by atoms with Crippen LogP contribution in [0.1, 0.15) is 0 Å². The second kappa shape index (κ2) is 11.6. The minimum absolute atomic E-state index is 0. The van der Waals surface area contributed by atoms with Crippen molar-refractivity contribution in [3.63, 3.8) is 0 Å². The molecule has 50 valence electrons. The van der Waals surface area contributed by atoms with Crippen LogP contribution in [-0.2, 0) is 9.47 Å². The SMILES string of the molecule is COCCOCCO.[Na+]. The van der Waals surface area contributed by atoms with Gasteiger partial charge < -0.3 is 14.6 Å². The van der Waals surface area contributed by atoms with E-state index in [1.54, 1.807) is 7.11 Å². The van der Waals surface area contributed by atoms with Crippen molar-refractivity contribution in [3.8, 4) is 0 Å². The molecule has 0 rings (SSSR count). The van der Waals surface area contributed by atoms with Crippen LogP contribution in [0.25, 0.3) is 0 Å². The van der Waals surface area contributed by atoms with Crippen LogP contribution in [0.15, 0.2) is 0 Å². The van der Waals surface area contributed by atoms with Gasteiger partial charge in [0, 0.05) is 7.11 Å². The molecule has 0 unspecified atom stereocenters. The quantitative estimate of drug-likeness (QED) is 0.323. The zero-order valence-corrected chi connectivity index (χ0v) is 8.09. The maximum Gasteiger partial charge on any atom is 1.00 e. The van der Waals surface area contributed by atoms with Crippen LogP contribution < -0.4 is 29.6 Å². The van der Waals surface area contributed by atoms with Crippen LogP contribution >= 0.6 is 0 Å². The summed E-state index contributed by atoms with van der Waals surface area (Å²) >= 11 is 0. The Balaban J connectivity index is 0. The molecule has 0 atom stereocenters. The summed E-state index contributed by atoms with van der Waals surface area (Å²) in [6, 6.07) is 0. The van der Waals surface area contributed by atoms with Gasteiger partial charge in [-0.25, -0.2) is 0 Å². The molecule has 0 heterocycles. The molecule has 3 nitrogen and oxygen atoms in total. The number of methoxy groups -OCH3 is 1. The predicted molar refractivity (Wildman–Crippen MR) is 29.8 cm³/mol. The van der Waals surface area contributed by atoms with Crippen LogP contribution in [0.3, 0.4) is 0 Å². The Morgan fingerprint density at radius 3 is 2.33 bits per heavy atom. The molecule has 0 amide bonds. The van der Waals surface area contributed by atoms with E-state index in [9.17, 15) is 0 Å². The average Bonchev–Trinajstić information content (AvgIpc) is 1.81. The second-order valence-electron chi connectivity index (χ2n) is 1.33. The standard InChI is InChI=1S/C5H12O3.Na/c1-7-4-5-8-3-2-6;/h6H,2-5H2,1H3;/q;+1. The molecule has 0 saturated heterocycles. The van der Waals surface area contributed by atoms with Gasteiger partial charge >= 0.3 is 29.6 Å². The largest absolute Gasteiger partial charge is 1.00 e. The molecule has 0 aromatic carbocycles. The fourth-order valence-electron chi connectivity index (χ4n) is 0.309. The van der Waals surface area contributed by atoms with Gasteiger partial charge in [-0.2, -0.15) is 0 Å². The third kappa shape index (κ3) is 12.2. The fraction of sp³-hybridized carbons (Fsp3) is 1.00. The minimum Gasteiger partial charge on any atom is -0.394 e. The van der Waals surface area contributed by atoms with E-state index < -0.39 is 0 Å². The zero-order chi connectivity index (χ0) is 6.24. The Morgan fingerprint density at radius 2 is 1.89 bits per heavy atom. The van der Waals surface area contributed by atoms with E-state index in [4.69, 9.17) is 9.84 Å². The Hall–Kier alpha value is 0.880. The molecule has 9 heavy (non-hydrogen) atoms. The molecular weight excluding hydrogens is 131 g/mol. The van der Waals surface area contributed by atoms with Crippen molar-refractivity contribution in [1.29, 1.82) is 0 Å². The molecule has 0 fully saturated rings. The van der Waals surface area contributed by atoms with E-state index in [1.807, 2.05) is 0 Å². The molecule has 0 aromatic rings. The summed E-state index contributed by atoms with van der Waals surface area (Å²) in [4.78, 5) is 0. The smallest absolute Gasteiger partial charge is 0.394 e. The van der Waals surface area contributed by atoms with Gasteiger partial charge in [0.05, 0.1) is 26.4 Å². The molecule has 0 saturated carbocycles. The molecule has 1 N–H and O–H groups in total. The van der Waals surface area contributed by atoms with Crippen LogP contribution in [0.5, 0.6) is 0 Å². The van der Waals surface area contributed by atoms with E-state index in [-0.39, 0.29) is 36.2 Å². The first-order valence-electron chi connectivity index (χ1n) is 2.59. The Morgan fingerprint density at radius 1 is 1.22 bits per heavy atom. The van der Waals surface area contributed by atoms with E-state index in [2.05, 4.69) is 4.74 Å². The summed E-state index contributed by atoms with van der Waals surface area (Å²) in [5, 5.41) is 8.20. The number of ether oxygens (including phenoxy) is 2. The zero-order valence-electron chi connectivity index (χ0n) is 6.09. The summed E-state index contributed by atoms with van der Waals surface area (Å²) in [6.07, 6.45) is 0. The molecule has 0 bridgehead atoms. The molecular formula is C5H12NaO3+. The van der Waals surface area contributed by atoms with Crippen molar-refractivity contribution in [2.45, 2.75) is 0 Å². The topological polar surface area (TPSA) is 38.7 Å². The molecule has 0 spiro atoms. The normalized spacial score (nSPS) is 8.67. The summed E-state index contributed by atoms with van der Waals surface area (Å²) < 4.78 is 9.53. The summed E-state index contributed by atoms with van der Waals surface area (Å²) in [6.45, 7) is 1.66. The van der Waals surface area contributed by atoms with Crippen LogP contribution in [0.4, 0.5) is 0 Å². The number of aliphatic hydroxyl groups is 1. The molecule has 0 aliphatic rings. The van der Waals surface area contributed by atoms with Crippen LogP contribution in [0.2, 0.25) is 0 Å². The van der Waals surface area contributed by atoms with Gasteiger partial charge in [-0.3, -0.25) is 0 Å². The fourth-order valence-corrected chi connectivity index (χ4v) is 0.309. The maximum atomic E-state index is 8.20. The van der Waals surface area contributed by atoms with Crippen molar-refractivity contribution < 1.29 is 44.1 Å². The van der Waals surface area contributed by atoms with E-state index in [0.29, 0.717) is 19.8 Å². The van der Waals surface area contributed by atoms with Crippen molar-refractivity contribution in [1.82, 2.24) is 0 Å². The number of hydrogen-bond donors (Lipinski definition) is 1. The van der Waals surface area contributed by atoms with Gasteiger partial charge in [0.2, 0.25) is 0 Å². The number of hydrogen-bond acceptors (Lipinski definition) is 3. The monoisotopic (exact) mass is 143 g/mol. The van der Waals surface area contributed by atoms with Crippen LogP contribution in [-0.4, -0.2) is 38.6 Å². The first kappa shape index (κ1) is 12.5. The van der Waals surface area contributed by atoms with Crippen molar-refractivity contribution in [2.75, 3.05) is 33.5 Å². The predicted octanol–water partition coefficient (Wildman–Crippen LogP) is -3.35. The van der Waals surface area contributed by atoms with E-state index >= 15 is 0 Å². The summed E-state index contributed by atoms with van der Waals surface area (Å²) in [5.74, 6) is 0. The first-order valence-corrected chi connectivity index (χ1v) is 2.59. The van der Waals surface area contributed by atoms with E-state index in [0.717, 1.165) is 0 Å². The Labute approximate surface area is 77.6 Å². The van der Waals surface area contributed by atoms with Gasteiger partial charge in [-0.15, -0.1) is 0 Å². The van der Waals surface area contributed by atoms with Gasteiger partial charge in [-0.1, -0.05) is 0 Å². The molecule has 4 heteroatoms. The van der Waals surface area contributed by atoms with Gasteiger partial charge in [0.15, 0.2) is 0 Å². The first-order chi connectivity index (χ1) is 3.91. The maximum absolute atomic E-state index is 8.20. The second-order valence-corrected chi connectivity index (χ2v) is 1.33. The molecule has 0 radical (unpaired) electrons. The Bertz CT molecular complexity index is 37.2. The van der Waals surface area contributed by atoms with Gasteiger partial charge in [-0.05, 0) is 0 Å². The van der Waals surface area contributed by atoms with Gasteiger partial charge in [0.1, 0.15) is 0 Å². The third-order valence-corrected chi connectivity index (χ3v) is 0.667. The summed E-state index contributed by atoms with van der Waals surface area (Å²) in [5.41, 5.74) is 0. The van der Waals surface area contributed by atoms with Gasteiger partial charge in [0.25, 0.3) is 0 Å². The van der Waals surface area contributed by atoms with Crippen molar-refractivity contribution in [3.05, 3.63) is 0 Å². The molecule has 0 aromatic heterocycles.